The first-order chi connectivity index (χ1) is 11.2. The van der Waals surface area contributed by atoms with E-state index in [4.69, 9.17) is 4.74 Å². The zero-order valence-electron chi connectivity index (χ0n) is 12.9. The summed E-state index contributed by atoms with van der Waals surface area (Å²) in [7, 11) is 1.48. The molecular formula is C20H18O3. The number of ketones is 2. The highest BCUT2D eigenvalue weighted by atomic mass is 16.5. The number of rotatable bonds is 4. The predicted molar refractivity (Wildman–Crippen MR) is 89.1 cm³/mol. The third-order valence-electron chi connectivity index (χ3n) is 4.20. The van der Waals surface area contributed by atoms with Crippen LogP contribution in [0.5, 0.6) is 0 Å². The lowest BCUT2D eigenvalue weighted by Crippen LogP contribution is -2.38. The van der Waals surface area contributed by atoms with E-state index in [-0.39, 0.29) is 11.6 Å². The van der Waals surface area contributed by atoms with Gasteiger partial charge in [0.25, 0.3) is 0 Å². The lowest BCUT2D eigenvalue weighted by Gasteiger charge is -2.28. The molecule has 0 saturated heterocycles. The normalized spacial score (nSPS) is 20.9. The Morgan fingerprint density at radius 1 is 1.00 bits per heavy atom. The fourth-order valence-electron chi connectivity index (χ4n) is 3.04. The summed E-state index contributed by atoms with van der Waals surface area (Å²) in [6.07, 6.45) is 1.40. The van der Waals surface area contributed by atoms with E-state index in [9.17, 15) is 9.59 Å². The highest BCUT2D eigenvalue weighted by molar-refractivity contribution is 6.09. The van der Waals surface area contributed by atoms with Gasteiger partial charge in [-0.3, -0.25) is 9.59 Å². The summed E-state index contributed by atoms with van der Waals surface area (Å²) in [6, 6.07) is 18.8. The van der Waals surface area contributed by atoms with Crippen molar-refractivity contribution in [2.75, 3.05) is 7.11 Å². The van der Waals surface area contributed by atoms with Crippen molar-refractivity contribution in [2.45, 2.75) is 12.5 Å². The molecule has 1 aliphatic carbocycles. The highest BCUT2D eigenvalue weighted by Crippen LogP contribution is 2.33. The minimum absolute atomic E-state index is 0.0488. The van der Waals surface area contributed by atoms with Gasteiger partial charge in [-0.1, -0.05) is 60.7 Å². The van der Waals surface area contributed by atoms with E-state index < -0.39 is 12.0 Å². The van der Waals surface area contributed by atoms with Crippen LogP contribution in [0.4, 0.5) is 0 Å². The number of ether oxygens (including phenoxy) is 1. The summed E-state index contributed by atoms with van der Waals surface area (Å²) in [6.45, 7) is 0. The first-order valence-electron chi connectivity index (χ1n) is 7.62. The second-order valence-corrected chi connectivity index (χ2v) is 5.64. The van der Waals surface area contributed by atoms with Gasteiger partial charge in [-0.05, 0) is 23.6 Å². The largest absolute Gasteiger partial charge is 0.373 e. The van der Waals surface area contributed by atoms with E-state index in [0.29, 0.717) is 12.0 Å². The first-order valence-corrected chi connectivity index (χ1v) is 7.62. The average molecular weight is 306 g/mol. The van der Waals surface area contributed by atoms with Gasteiger partial charge in [0.15, 0.2) is 11.6 Å². The topological polar surface area (TPSA) is 43.4 Å². The molecule has 3 rings (SSSR count). The predicted octanol–water partition coefficient (Wildman–Crippen LogP) is 3.56. The Morgan fingerprint density at radius 2 is 1.61 bits per heavy atom. The number of carbonyl (C=O) groups is 2. The molecule has 0 aromatic heterocycles. The molecule has 1 aliphatic rings. The van der Waals surface area contributed by atoms with Gasteiger partial charge in [0.1, 0.15) is 6.10 Å². The molecule has 0 N–H and O–H groups in total. The smallest absolute Gasteiger partial charge is 0.185 e. The minimum Gasteiger partial charge on any atom is -0.373 e. The number of benzene rings is 2. The maximum Gasteiger partial charge on any atom is 0.185 e. The summed E-state index contributed by atoms with van der Waals surface area (Å²) in [4.78, 5) is 25.2. The second kappa shape index (κ2) is 6.71. The maximum atomic E-state index is 12.8. The van der Waals surface area contributed by atoms with Crippen LogP contribution >= 0.6 is 0 Å². The standard InChI is InChI=1S/C20H18O3/c1-23-20-17(19(22)15-10-6-3-7-11-15)12-16(13-18(20)21)14-8-4-2-5-9-14/h2-11,13,17,20H,12H2,1H3/t17-,20-/m1/s1. The highest BCUT2D eigenvalue weighted by Gasteiger charge is 2.37. The molecule has 0 amide bonds. The van der Waals surface area contributed by atoms with Crippen LogP contribution in [0, 0.1) is 5.92 Å². The van der Waals surface area contributed by atoms with Crippen molar-refractivity contribution >= 4 is 17.1 Å². The summed E-state index contributed by atoms with van der Waals surface area (Å²) in [5.41, 5.74) is 2.47. The molecule has 3 heteroatoms. The van der Waals surface area contributed by atoms with Crippen LogP contribution < -0.4 is 0 Å². The Hall–Kier alpha value is -2.52. The van der Waals surface area contributed by atoms with Gasteiger partial charge >= 0.3 is 0 Å². The lowest BCUT2D eigenvalue weighted by molar-refractivity contribution is -0.126. The fraction of sp³-hybridized carbons (Fsp3) is 0.200. The Bertz CT molecular complexity index is 732. The number of hydrogen-bond acceptors (Lipinski definition) is 3. The quantitative estimate of drug-likeness (QED) is 0.811. The van der Waals surface area contributed by atoms with Gasteiger partial charge < -0.3 is 4.74 Å². The van der Waals surface area contributed by atoms with Gasteiger partial charge in [-0.15, -0.1) is 0 Å². The molecule has 3 nitrogen and oxygen atoms in total. The zero-order valence-corrected chi connectivity index (χ0v) is 12.9. The summed E-state index contributed by atoms with van der Waals surface area (Å²) >= 11 is 0. The van der Waals surface area contributed by atoms with Crippen molar-refractivity contribution in [1.29, 1.82) is 0 Å². The third-order valence-corrected chi connectivity index (χ3v) is 4.20. The number of methoxy groups -OCH3 is 1. The number of Topliss-reactive ketones (excluding diaryl/α,β-unsaturated/α-hetero) is 1. The third kappa shape index (κ3) is 3.15. The lowest BCUT2D eigenvalue weighted by atomic mass is 9.79. The fourth-order valence-corrected chi connectivity index (χ4v) is 3.04. The molecular weight excluding hydrogens is 288 g/mol. The molecule has 0 aliphatic heterocycles. The molecule has 2 aromatic carbocycles. The average Bonchev–Trinajstić information content (AvgIpc) is 2.62. The van der Waals surface area contributed by atoms with Gasteiger partial charge in [-0.25, -0.2) is 0 Å². The summed E-state index contributed by atoms with van der Waals surface area (Å²) < 4.78 is 5.33. The molecule has 0 bridgehead atoms. The molecule has 2 atom stereocenters. The van der Waals surface area contributed by atoms with Crippen molar-refractivity contribution in [1.82, 2.24) is 0 Å². The van der Waals surface area contributed by atoms with E-state index in [1.54, 1.807) is 18.2 Å². The van der Waals surface area contributed by atoms with Crippen LogP contribution in [0.3, 0.4) is 0 Å². The van der Waals surface area contributed by atoms with E-state index in [1.807, 2.05) is 48.5 Å². The Balaban J connectivity index is 1.95. The second-order valence-electron chi connectivity index (χ2n) is 5.64. The molecule has 0 saturated carbocycles. The summed E-state index contributed by atoms with van der Waals surface area (Å²) in [5.74, 6) is -0.686. The number of hydrogen-bond donors (Lipinski definition) is 0. The SMILES string of the molecule is CO[C@H]1C(=O)C=C(c2ccccc2)C[C@@H]1C(=O)c1ccccc1. The van der Waals surface area contributed by atoms with Crippen LogP contribution in [0.25, 0.3) is 5.57 Å². The molecule has 0 spiro atoms. The van der Waals surface area contributed by atoms with Crippen LogP contribution in [0.2, 0.25) is 0 Å². The van der Waals surface area contributed by atoms with Crippen molar-refractivity contribution in [2.24, 2.45) is 5.92 Å². The minimum atomic E-state index is -0.713. The van der Waals surface area contributed by atoms with E-state index in [0.717, 1.165) is 11.1 Å². The summed E-state index contributed by atoms with van der Waals surface area (Å²) in [5, 5.41) is 0. The monoisotopic (exact) mass is 306 g/mol. The van der Waals surface area contributed by atoms with Crippen LogP contribution in [-0.2, 0) is 9.53 Å². The van der Waals surface area contributed by atoms with E-state index >= 15 is 0 Å². The van der Waals surface area contributed by atoms with E-state index in [2.05, 4.69) is 0 Å². The van der Waals surface area contributed by atoms with Gasteiger partial charge in [0, 0.05) is 12.7 Å². The molecule has 116 valence electrons. The van der Waals surface area contributed by atoms with Crippen molar-refractivity contribution in [3.8, 4) is 0 Å². The molecule has 2 aromatic rings. The van der Waals surface area contributed by atoms with E-state index in [1.165, 1.54) is 7.11 Å². The van der Waals surface area contributed by atoms with Gasteiger partial charge in [0.2, 0.25) is 0 Å². The van der Waals surface area contributed by atoms with Crippen molar-refractivity contribution in [3.63, 3.8) is 0 Å². The van der Waals surface area contributed by atoms with Gasteiger partial charge in [0.05, 0.1) is 5.92 Å². The Labute approximate surface area is 135 Å². The van der Waals surface area contributed by atoms with Crippen LogP contribution in [0.15, 0.2) is 66.7 Å². The number of carbonyl (C=O) groups excluding carboxylic acids is 2. The van der Waals surface area contributed by atoms with Crippen molar-refractivity contribution < 1.29 is 14.3 Å². The van der Waals surface area contributed by atoms with Crippen molar-refractivity contribution in [3.05, 3.63) is 77.9 Å². The molecule has 0 fully saturated rings. The van der Waals surface area contributed by atoms with Crippen LogP contribution in [0.1, 0.15) is 22.3 Å². The van der Waals surface area contributed by atoms with Crippen LogP contribution in [-0.4, -0.2) is 24.8 Å². The molecule has 23 heavy (non-hydrogen) atoms. The van der Waals surface area contributed by atoms with Gasteiger partial charge in [-0.2, -0.15) is 0 Å². The Morgan fingerprint density at radius 3 is 2.22 bits per heavy atom. The maximum absolute atomic E-state index is 12.8. The Kier molecular flexibility index (Phi) is 4.49. The first kappa shape index (κ1) is 15.4. The molecule has 0 heterocycles. The zero-order chi connectivity index (χ0) is 16.2. The molecule has 0 unspecified atom stereocenters. The molecule has 0 radical (unpaired) electrons. The number of allylic oxidation sites excluding steroid dienone is 1.